The Morgan fingerprint density at radius 3 is 2.65 bits per heavy atom. The van der Waals surface area contributed by atoms with Crippen molar-refractivity contribution in [2.75, 3.05) is 5.75 Å². The topological polar surface area (TPSA) is 33.4 Å². The Morgan fingerprint density at radius 1 is 1.12 bits per heavy atom. The molecule has 0 amide bonds. The zero-order chi connectivity index (χ0) is 11.9. The molecule has 0 aliphatic heterocycles. The Bertz CT molecular complexity index is 411. The molecule has 90 valence electrons. The fourth-order valence-electron chi connectivity index (χ4n) is 1.60. The number of hydrogen-bond acceptors (Lipinski definition) is 3. The van der Waals surface area contributed by atoms with E-state index in [1.807, 2.05) is 42.5 Å². The molecule has 0 saturated heterocycles. The molecule has 0 radical (unpaired) electrons. The van der Waals surface area contributed by atoms with E-state index in [9.17, 15) is 5.11 Å². The number of hydrogen-bond donors (Lipinski definition) is 1. The first-order valence-electron chi connectivity index (χ1n) is 5.69. The zero-order valence-corrected chi connectivity index (χ0v) is 10.4. The van der Waals surface area contributed by atoms with Crippen LogP contribution in [0.25, 0.3) is 0 Å². The van der Waals surface area contributed by atoms with Crippen molar-refractivity contribution >= 4 is 11.8 Å². The Balaban J connectivity index is 1.68. The summed E-state index contributed by atoms with van der Waals surface area (Å²) in [6, 6.07) is 13.7. The Morgan fingerprint density at radius 2 is 1.94 bits per heavy atom. The van der Waals surface area contributed by atoms with E-state index in [2.05, 4.69) is 0 Å². The molecule has 1 N–H and O–H groups in total. The van der Waals surface area contributed by atoms with E-state index in [-0.39, 0.29) is 6.10 Å². The van der Waals surface area contributed by atoms with Crippen LogP contribution in [0.5, 0.6) is 0 Å². The summed E-state index contributed by atoms with van der Waals surface area (Å²) >= 11 is 1.78. The number of aliphatic hydroxyl groups excluding tert-OH is 1. The largest absolute Gasteiger partial charge is 0.468 e. The van der Waals surface area contributed by atoms with E-state index in [1.165, 1.54) is 0 Å². The highest BCUT2D eigenvalue weighted by Gasteiger charge is 2.06. The van der Waals surface area contributed by atoms with E-state index in [0.717, 1.165) is 29.3 Å². The van der Waals surface area contributed by atoms with Gasteiger partial charge in [0, 0.05) is 0 Å². The molecule has 17 heavy (non-hydrogen) atoms. The van der Waals surface area contributed by atoms with E-state index < -0.39 is 0 Å². The van der Waals surface area contributed by atoms with Gasteiger partial charge in [-0.2, -0.15) is 11.8 Å². The minimum Gasteiger partial charge on any atom is -0.468 e. The summed E-state index contributed by atoms with van der Waals surface area (Å²) < 4.78 is 5.24. The van der Waals surface area contributed by atoms with Crippen LogP contribution in [0.2, 0.25) is 0 Å². The molecule has 2 aromatic rings. The number of aliphatic hydroxyl groups is 1. The van der Waals surface area contributed by atoms with Crippen LogP contribution in [-0.2, 0) is 5.75 Å². The number of benzene rings is 1. The third-order valence-electron chi connectivity index (χ3n) is 2.54. The van der Waals surface area contributed by atoms with Crippen LogP contribution in [0.4, 0.5) is 0 Å². The lowest BCUT2D eigenvalue weighted by Crippen LogP contribution is -1.98. The lowest BCUT2D eigenvalue weighted by atomic mass is 10.1. The Kier molecular flexibility index (Phi) is 4.71. The van der Waals surface area contributed by atoms with Gasteiger partial charge in [-0.1, -0.05) is 30.3 Å². The minimum atomic E-state index is -0.361. The van der Waals surface area contributed by atoms with Crippen LogP contribution in [0.1, 0.15) is 23.8 Å². The average Bonchev–Trinajstić information content (AvgIpc) is 2.88. The van der Waals surface area contributed by atoms with Crippen LogP contribution in [0.15, 0.2) is 53.1 Å². The van der Waals surface area contributed by atoms with Crippen LogP contribution in [-0.4, -0.2) is 10.9 Å². The maximum atomic E-state index is 9.94. The van der Waals surface area contributed by atoms with Gasteiger partial charge in [0.1, 0.15) is 5.76 Å². The van der Waals surface area contributed by atoms with Crippen molar-refractivity contribution in [2.24, 2.45) is 0 Å². The van der Waals surface area contributed by atoms with Crippen LogP contribution >= 0.6 is 11.8 Å². The van der Waals surface area contributed by atoms with E-state index in [4.69, 9.17) is 4.42 Å². The molecular weight excluding hydrogens is 232 g/mol. The van der Waals surface area contributed by atoms with Gasteiger partial charge in [-0.15, -0.1) is 0 Å². The second-order valence-corrected chi connectivity index (χ2v) is 4.95. The van der Waals surface area contributed by atoms with Crippen LogP contribution < -0.4 is 0 Å². The fourth-order valence-corrected chi connectivity index (χ4v) is 2.50. The standard InChI is InChI=1S/C14H16O2S/c15-14(12-5-2-1-3-6-12)8-10-17-11-13-7-4-9-16-13/h1-7,9,14-15H,8,10-11H2/t14-/m0/s1. The molecule has 0 unspecified atom stereocenters. The summed E-state index contributed by atoms with van der Waals surface area (Å²) in [5.41, 5.74) is 0.992. The van der Waals surface area contributed by atoms with Gasteiger partial charge in [0.15, 0.2) is 0 Å². The van der Waals surface area contributed by atoms with Crippen LogP contribution in [0, 0.1) is 0 Å². The molecule has 1 aromatic carbocycles. The second-order valence-electron chi connectivity index (χ2n) is 3.85. The lowest BCUT2D eigenvalue weighted by Gasteiger charge is -2.09. The van der Waals surface area contributed by atoms with Gasteiger partial charge in [-0.05, 0) is 29.9 Å². The molecule has 0 aliphatic rings. The molecule has 0 saturated carbocycles. The van der Waals surface area contributed by atoms with Crippen LogP contribution in [0.3, 0.4) is 0 Å². The van der Waals surface area contributed by atoms with Crippen molar-refractivity contribution in [3.05, 3.63) is 60.1 Å². The van der Waals surface area contributed by atoms with E-state index in [0.29, 0.717) is 0 Å². The van der Waals surface area contributed by atoms with Gasteiger partial charge in [-0.25, -0.2) is 0 Å². The number of thioether (sulfide) groups is 1. The monoisotopic (exact) mass is 248 g/mol. The fraction of sp³-hybridized carbons (Fsp3) is 0.286. The summed E-state index contributed by atoms with van der Waals surface area (Å²) in [6.07, 6.45) is 2.10. The predicted octanol–water partition coefficient (Wildman–Crippen LogP) is 3.64. The molecule has 0 aliphatic carbocycles. The highest BCUT2D eigenvalue weighted by molar-refractivity contribution is 7.98. The highest BCUT2D eigenvalue weighted by Crippen LogP contribution is 2.20. The van der Waals surface area contributed by atoms with Crippen molar-refractivity contribution in [3.8, 4) is 0 Å². The maximum absolute atomic E-state index is 9.94. The summed E-state index contributed by atoms with van der Waals surface area (Å²) in [7, 11) is 0. The molecule has 1 heterocycles. The SMILES string of the molecule is O[C@@H](CCSCc1ccco1)c1ccccc1. The lowest BCUT2D eigenvalue weighted by molar-refractivity contribution is 0.175. The summed E-state index contributed by atoms with van der Waals surface area (Å²) in [5, 5.41) is 9.94. The first-order valence-corrected chi connectivity index (χ1v) is 6.85. The van der Waals surface area contributed by atoms with Gasteiger partial charge < -0.3 is 9.52 Å². The van der Waals surface area contributed by atoms with Crippen molar-refractivity contribution < 1.29 is 9.52 Å². The number of rotatable bonds is 6. The van der Waals surface area contributed by atoms with Gasteiger partial charge in [0.25, 0.3) is 0 Å². The molecule has 3 heteroatoms. The van der Waals surface area contributed by atoms with Gasteiger partial charge >= 0.3 is 0 Å². The smallest absolute Gasteiger partial charge is 0.113 e. The van der Waals surface area contributed by atoms with Crippen molar-refractivity contribution in [3.63, 3.8) is 0 Å². The minimum absolute atomic E-state index is 0.361. The molecule has 0 spiro atoms. The quantitative estimate of drug-likeness (QED) is 0.792. The molecule has 0 fully saturated rings. The molecule has 1 atom stereocenters. The first kappa shape index (κ1) is 12.3. The zero-order valence-electron chi connectivity index (χ0n) is 9.58. The predicted molar refractivity (Wildman–Crippen MR) is 70.9 cm³/mol. The normalized spacial score (nSPS) is 12.5. The number of furan rings is 1. The first-order chi connectivity index (χ1) is 8.36. The molecule has 2 nitrogen and oxygen atoms in total. The third kappa shape index (κ3) is 3.95. The van der Waals surface area contributed by atoms with Gasteiger partial charge in [0.2, 0.25) is 0 Å². The molecule has 2 rings (SSSR count). The van der Waals surface area contributed by atoms with Crippen molar-refractivity contribution in [1.29, 1.82) is 0 Å². The molecular formula is C14H16O2S. The van der Waals surface area contributed by atoms with E-state index >= 15 is 0 Å². The average molecular weight is 248 g/mol. The highest BCUT2D eigenvalue weighted by atomic mass is 32.2. The third-order valence-corrected chi connectivity index (χ3v) is 3.56. The van der Waals surface area contributed by atoms with E-state index in [1.54, 1.807) is 18.0 Å². The second kappa shape index (κ2) is 6.52. The van der Waals surface area contributed by atoms with Gasteiger partial charge in [0.05, 0.1) is 18.1 Å². The van der Waals surface area contributed by atoms with Gasteiger partial charge in [-0.3, -0.25) is 0 Å². The molecule has 0 bridgehead atoms. The Hall–Kier alpha value is -1.19. The van der Waals surface area contributed by atoms with Crippen molar-refractivity contribution in [2.45, 2.75) is 18.3 Å². The summed E-state index contributed by atoms with van der Waals surface area (Å²) in [6.45, 7) is 0. The maximum Gasteiger partial charge on any atom is 0.113 e. The summed E-state index contributed by atoms with van der Waals surface area (Å²) in [5.74, 6) is 2.79. The summed E-state index contributed by atoms with van der Waals surface area (Å²) in [4.78, 5) is 0. The Labute approximate surface area is 106 Å². The van der Waals surface area contributed by atoms with Crippen molar-refractivity contribution in [1.82, 2.24) is 0 Å². The molecule has 1 aromatic heterocycles.